The predicted octanol–water partition coefficient (Wildman–Crippen LogP) is 3.79. The number of benzene rings is 1. The molecule has 20 heavy (non-hydrogen) atoms. The normalized spacial score (nSPS) is 10.3. The Morgan fingerprint density at radius 3 is 2.80 bits per heavy atom. The molecule has 0 bridgehead atoms. The molecule has 0 amide bonds. The molecule has 104 valence electrons. The van der Waals surface area contributed by atoms with Crippen LogP contribution >= 0.6 is 11.6 Å². The van der Waals surface area contributed by atoms with Gasteiger partial charge < -0.3 is 4.74 Å². The fourth-order valence-electron chi connectivity index (χ4n) is 1.69. The van der Waals surface area contributed by atoms with Crippen LogP contribution in [0.25, 0.3) is 0 Å². The van der Waals surface area contributed by atoms with Crippen LogP contribution in [0.3, 0.4) is 0 Å². The van der Waals surface area contributed by atoms with E-state index in [9.17, 15) is 9.18 Å². The minimum absolute atomic E-state index is 0.118. The SMILES string of the molecule is CCc1cc(C(=O)OCc2ccccc2F)cc(Cl)n1. The molecule has 3 nitrogen and oxygen atoms in total. The Morgan fingerprint density at radius 2 is 2.10 bits per heavy atom. The quantitative estimate of drug-likeness (QED) is 0.636. The number of nitrogens with zero attached hydrogens (tertiary/aromatic N) is 1. The van der Waals surface area contributed by atoms with E-state index in [1.54, 1.807) is 24.3 Å². The summed E-state index contributed by atoms with van der Waals surface area (Å²) in [4.78, 5) is 16.0. The highest BCUT2D eigenvalue weighted by Crippen LogP contribution is 2.14. The van der Waals surface area contributed by atoms with Crippen molar-refractivity contribution in [2.45, 2.75) is 20.0 Å². The first-order chi connectivity index (χ1) is 9.60. The second-order valence-corrected chi connectivity index (χ2v) is 4.58. The fourth-order valence-corrected chi connectivity index (χ4v) is 1.92. The minimum Gasteiger partial charge on any atom is -0.457 e. The molecule has 0 saturated heterocycles. The van der Waals surface area contributed by atoms with Gasteiger partial charge in [0.05, 0.1) is 5.56 Å². The van der Waals surface area contributed by atoms with E-state index in [-0.39, 0.29) is 11.8 Å². The maximum atomic E-state index is 13.4. The summed E-state index contributed by atoms with van der Waals surface area (Å²) in [5.74, 6) is -0.949. The van der Waals surface area contributed by atoms with Gasteiger partial charge in [-0.25, -0.2) is 14.2 Å². The first kappa shape index (κ1) is 14.5. The summed E-state index contributed by atoms with van der Waals surface area (Å²) in [6.07, 6.45) is 0.661. The average molecular weight is 294 g/mol. The molecule has 2 rings (SSSR count). The Balaban J connectivity index is 2.09. The van der Waals surface area contributed by atoms with Gasteiger partial charge in [0, 0.05) is 11.3 Å². The second kappa shape index (κ2) is 6.48. The number of aromatic nitrogens is 1. The number of pyridine rings is 1. The van der Waals surface area contributed by atoms with Gasteiger partial charge in [0.25, 0.3) is 0 Å². The van der Waals surface area contributed by atoms with E-state index in [4.69, 9.17) is 16.3 Å². The van der Waals surface area contributed by atoms with Crippen molar-refractivity contribution < 1.29 is 13.9 Å². The summed E-state index contributed by atoms with van der Waals surface area (Å²) in [5, 5.41) is 0.238. The number of hydrogen-bond acceptors (Lipinski definition) is 3. The summed E-state index contributed by atoms with van der Waals surface area (Å²) in [6, 6.07) is 9.21. The van der Waals surface area contributed by atoms with E-state index in [2.05, 4.69) is 4.98 Å². The Bertz CT molecular complexity index is 631. The Morgan fingerprint density at radius 1 is 1.35 bits per heavy atom. The highest BCUT2D eigenvalue weighted by Gasteiger charge is 2.11. The standard InChI is InChI=1S/C15H13ClFNO2/c1-2-12-7-11(8-14(16)18-12)15(19)20-9-10-5-3-4-6-13(10)17/h3-8H,2,9H2,1H3. The van der Waals surface area contributed by atoms with Crippen molar-refractivity contribution in [1.29, 1.82) is 0 Å². The number of aryl methyl sites for hydroxylation is 1. The van der Waals surface area contributed by atoms with Crippen LogP contribution in [0, 0.1) is 5.82 Å². The number of rotatable bonds is 4. The zero-order chi connectivity index (χ0) is 14.5. The van der Waals surface area contributed by atoms with Crippen molar-refractivity contribution in [2.24, 2.45) is 0 Å². The Labute approximate surface area is 121 Å². The minimum atomic E-state index is -0.549. The largest absolute Gasteiger partial charge is 0.457 e. The molecule has 1 aromatic heterocycles. The van der Waals surface area contributed by atoms with Gasteiger partial charge in [0.1, 0.15) is 17.6 Å². The van der Waals surface area contributed by atoms with Crippen molar-refractivity contribution in [3.05, 3.63) is 64.2 Å². The maximum absolute atomic E-state index is 13.4. The lowest BCUT2D eigenvalue weighted by Gasteiger charge is -2.07. The molecule has 0 aliphatic rings. The summed E-state index contributed by atoms with van der Waals surface area (Å²) in [5.41, 5.74) is 1.35. The Hall–Kier alpha value is -1.94. The van der Waals surface area contributed by atoms with Crippen LogP contribution in [0.1, 0.15) is 28.5 Å². The van der Waals surface area contributed by atoms with Gasteiger partial charge >= 0.3 is 5.97 Å². The topological polar surface area (TPSA) is 39.2 Å². The van der Waals surface area contributed by atoms with Crippen LogP contribution in [0.4, 0.5) is 4.39 Å². The third-order valence-corrected chi connectivity index (χ3v) is 2.96. The fraction of sp³-hybridized carbons (Fsp3) is 0.200. The van der Waals surface area contributed by atoms with E-state index in [1.165, 1.54) is 12.1 Å². The van der Waals surface area contributed by atoms with Gasteiger partial charge in [-0.15, -0.1) is 0 Å². The van der Waals surface area contributed by atoms with Crippen molar-refractivity contribution in [3.8, 4) is 0 Å². The van der Waals surface area contributed by atoms with Crippen LogP contribution in [0.5, 0.6) is 0 Å². The van der Waals surface area contributed by atoms with Crippen molar-refractivity contribution in [3.63, 3.8) is 0 Å². The molecule has 2 aromatic rings. The first-order valence-corrected chi connectivity index (χ1v) is 6.55. The molecule has 0 fully saturated rings. The molecule has 0 atom stereocenters. The summed E-state index contributed by atoms with van der Waals surface area (Å²) >= 11 is 5.84. The third kappa shape index (κ3) is 3.54. The third-order valence-electron chi connectivity index (χ3n) is 2.76. The summed E-state index contributed by atoms with van der Waals surface area (Å²) in [6.45, 7) is 1.79. The van der Waals surface area contributed by atoms with Gasteiger partial charge in [-0.2, -0.15) is 0 Å². The van der Waals surface area contributed by atoms with Crippen LogP contribution < -0.4 is 0 Å². The lowest BCUT2D eigenvalue weighted by Crippen LogP contribution is -2.07. The molecule has 0 saturated carbocycles. The zero-order valence-corrected chi connectivity index (χ0v) is 11.7. The number of hydrogen-bond donors (Lipinski definition) is 0. The number of carbonyl (C=O) groups is 1. The van der Waals surface area contributed by atoms with E-state index < -0.39 is 11.8 Å². The molecule has 0 N–H and O–H groups in total. The molecule has 1 heterocycles. The molecular formula is C15H13ClFNO2. The summed E-state index contributed by atoms with van der Waals surface area (Å²) in [7, 11) is 0. The molecule has 0 unspecified atom stereocenters. The second-order valence-electron chi connectivity index (χ2n) is 4.19. The van der Waals surface area contributed by atoms with Crippen molar-refractivity contribution in [2.75, 3.05) is 0 Å². The van der Waals surface area contributed by atoms with E-state index in [0.29, 0.717) is 23.2 Å². The molecule has 0 aliphatic heterocycles. The van der Waals surface area contributed by atoms with E-state index in [0.717, 1.165) is 0 Å². The lowest BCUT2D eigenvalue weighted by atomic mass is 10.2. The first-order valence-electron chi connectivity index (χ1n) is 6.17. The van der Waals surface area contributed by atoms with Crippen LogP contribution in [-0.2, 0) is 17.8 Å². The average Bonchev–Trinajstić information content (AvgIpc) is 2.45. The van der Waals surface area contributed by atoms with Crippen LogP contribution in [0.15, 0.2) is 36.4 Å². The smallest absolute Gasteiger partial charge is 0.338 e. The van der Waals surface area contributed by atoms with E-state index in [1.807, 2.05) is 6.92 Å². The predicted molar refractivity (Wildman–Crippen MR) is 74.1 cm³/mol. The van der Waals surface area contributed by atoms with Gasteiger partial charge in [-0.1, -0.05) is 36.7 Å². The van der Waals surface area contributed by atoms with Crippen molar-refractivity contribution >= 4 is 17.6 Å². The molecule has 5 heteroatoms. The molecule has 1 aromatic carbocycles. The highest BCUT2D eigenvalue weighted by atomic mass is 35.5. The molecule has 0 aliphatic carbocycles. The molecular weight excluding hydrogens is 281 g/mol. The number of carbonyl (C=O) groups excluding carboxylic acids is 1. The van der Waals surface area contributed by atoms with Crippen LogP contribution in [0.2, 0.25) is 5.15 Å². The number of ether oxygens (including phenoxy) is 1. The number of esters is 1. The molecule has 0 radical (unpaired) electrons. The van der Waals surface area contributed by atoms with Gasteiger partial charge in [0.2, 0.25) is 0 Å². The zero-order valence-electron chi connectivity index (χ0n) is 10.9. The van der Waals surface area contributed by atoms with Gasteiger partial charge in [-0.05, 0) is 24.6 Å². The lowest BCUT2D eigenvalue weighted by molar-refractivity contribution is 0.0468. The van der Waals surface area contributed by atoms with Crippen molar-refractivity contribution in [1.82, 2.24) is 4.98 Å². The number of halogens is 2. The van der Waals surface area contributed by atoms with E-state index >= 15 is 0 Å². The highest BCUT2D eigenvalue weighted by molar-refractivity contribution is 6.29. The van der Waals surface area contributed by atoms with Gasteiger partial charge in [0.15, 0.2) is 0 Å². The monoisotopic (exact) mass is 293 g/mol. The van der Waals surface area contributed by atoms with Gasteiger partial charge in [-0.3, -0.25) is 0 Å². The maximum Gasteiger partial charge on any atom is 0.338 e. The Kier molecular flexibility index (Phi) is 4.69. The summed E-state index contributed by atoms with van der Waals surface area (Å²) < 4.78 is 18.5. The van der Waals surface area contributed by atoms with Crippen LogP contribution in [-0.4, -0.2) is 11.0 Å². The molecule has 0 spiro atoms.